The second kappa shape index (κ2) is 4.62. The summed E-state index contributed by atoms with van der Waals surface area (Å²) < 4.78 is 5.23. The highest BCUT2D eigenvalue weighted by atomic mass is 16.3. The molecule has 20 heavy (non-hydrogen) atoms. The van der Waals surface area contributed by atoms with Crippen LogP contribution >= 0.6 is 0 Å². The van der Waals surface area contributed by atoms with Crippen molar-refractivity contribution >= 4 is 0 Å². The van der Waals surface area contributed by atoms with Crippen LogP contribution in [0, 0.1) is 23.2 Å². The molecule has 2 heteroatoms. The van der Waals surface area contributed by atoms with Gasteiger partial charge in [0.25, 0.3) is 0 Å². The van der Waals surface area contributed by atoms with Gasteiger partial charge in [-0.3, -0.25) is 0 Å². The van der Waals surface area contributed by atoms with Gasteiger partial charge in [-0.15, -0.1) is 0 Å². The Kier molecular flexibility index (Phi) is 2.99. The third-order valence-corrected chi connectivity index (χ3v) is 6.55. The summed E-state index contributed by atoms with van der Waals surface area (Å²) in [6, 6.07) is 3.11. The summed E-state index contributed by atoms with van der Waals surface area (Å²) in [5, 5.41) is 3.88. The third kappa shape index (κ3) is 2.04. The van der Waals surface area contributed by atoms with Crippen LogP contribution in [-0.2, 0) is 0 Å². The van der Waals surface area contributed by atoms with Crippen LogP contribution < -0.4 is 5.32 Å². The van der Waals surface area contributed by atoms with Crippen LogP contribution in [0.3, 0.4) is 0 Å². The molecule has 2 unspecified atom stereocenters. The molecule has 1 heterocycles. The molecule has 4 aliphatic rings. The van der Waals surface area contributed by atoms with Gasteiger partial charge in [-0.1, -0.05) is 0 Å². The molecule has 2 nitrogen and oxygen atoms in total. The van der Waals surface area contributed by atoms with Gasteiger partial charge in [0, 0.05) is 17.6 Å². The highest BCUT2D eigenvalue weighted by molar-refractivity contribution is 5.12. The molecule has 5 rings (SSSR count). The molecule has 1 aromatic rings. The van der Waals surface area contributed by atoms with Gasteiger partial charge in [-0.2, -0.15) is 0 Å². The molecule has 0 amide bonds. The van der Waals surface area contributed by atoms with Gasteiger partial charge in [-0.25, -0.2) is 0 Å². The fourth-order valence-electron chi connectivity index (χ4n) is 5.88. The molecule has 1 aromatic heterocycles. The first-order valence-electron chi connectivity index (χ1n) is 8.43. The van der Waals surface area contributed by atoms with E-state index < -0.39 is 0 Å². The molecule has 0 aliphatic heterocycles. The van der Waals surface area contributed by atoms with Crippen molar-refractivity contribution < 1.29 is 4.42 Å². The smallest absolute Gasteiger partial charge is 0.0950 e. The Labute approximate surface area is 122 Å². The van der Waals surface area contributed by atoms with Crippen LogP contribution in [-0.4, -0.2) is 6.04 Å². The van der Waals surface area contributed by atoms with Crippen LogP contribution in [0.2, 0.25) is 0 Å². The Bertz CT molecular complexity index is 428. The van der Waals surface area contributed by atoms with Gasteiger partial charge < -0.3 is 9.73 Å². The quantitative estimate of drug-likeness (QED) is 0.871. The first-order chi connectivity index (χ1) is 9.64. The monoisotopic (exact) mass is 273 g/mol. The second-order valence-corrected chi connectivity index (χ2v) is 7.95. The summed E-state index contributed by atoms with van der Waals surface area (Å²) >= 11 is 0. The minimum atomic E-state index is 0.400. The van der Waals surface area contributed by atoms with E-state index >= 15 is 0 Å². The predicted octanol–water partition coefficient (Wildman–Crippen LogP) is 4.54. The lowest BCUT2D eigenvalue weighted by atomic mass is 9.48. The van der Waals surface area contributed by atoms with Crippen molar-refractivity contribution in [3.8, 4) is 0 Å². The first kappa shape index (κ1) is 12.9. The largest absolute Gasteiger partial charge is 0.472 e. The SMILES string of the molecule is CC(NC(C)C12CC3CC(CC(C3)C1)C2)c1ccoc1. The number of nitrogens with one attached hydrogen (secondary N) is 1. The highest BCUT2D eigenvalue weighted by Gasteiger charge is 2.53. The van der Waals surface area contributed by atoms with E-state index in [1.807, 2.05) is 6.26 Å². The van der Waals surface area contributed by atoms with Crippen molar-refractivity contribution in [2.75, 3.05) is 0 Å². The maximum Gasteiger partial charge on any atom is 0.0950 e. The number of hydrogen-bond donors (Lipinski definition) is 1. The zero-order valence-electron chi connectivity index (χ0n) is 12.8. The highest BCUT2D eigenvalue weighted by Crippen LogP contribution is 2.61. The van der Waals surface area contributed by atoms with E-state index in [1.165, 1.54) is 44.1 Å². The van der Waals surface area contributed by atoms with Gasteiger partial charge >= 0.3 is 0 Å². The van der Waals surface area contributed by atoms with E-state index in [4.69, 9.17) is 4.42 Å². The van der Waals surface area contributed by atoms with E-state index in [0.29, 0.717) is 17.5 Å². The van der Waals surface area contributed by atoms with Crippen molar-refractivity contribution in [1.29, 1.82) is 0 Å². The Morgan fingerprint density at radius 3 is 2.20 bits per heavy atom. The first-order valence-corrected chi connectivity index (χ1v) is 8.43. The maximum atomic E-state index is 5.23. The molecule has 0 aromatic carbocycles. The van der Waals surface area contributed by atoms with Crippen molar-refractivity contribution in [2.45, 2.75) is 64.5 Å². The second-order valence-electron chi connectivity index (χ2n) is 7.95. The van der Waals surface area contributed by atoms with Gasteiger partial charge in [0.05, 0.1) is 12.5 Å². The van der Waals surface area contributed by atoms with E-state index in [-0.39, 0.29) is 0 Å². The van der Waals surface area contributed by atoms with Crippen LogP contribution in [0.4, 0.5) is 0 Å². The molecule has 110 valence electrons. The molecular formula is C18H27NO. The van der Waals surface area contributed by atoms with Crippen molar-refractivity contribution in [3.05, 3.63) is 24.2 Å². The average molecular weight is 273 g/mol. The average Bonchev–Trinajstić information content (AvgIpc) is 2.90. The molecular weight excluding hydrogens is 246 g/mol. The molecule has 0 radical (unpaired) electrons. The summed E-state index contributed by atoms with van der Waals surface area (Å²) in [7, 11) is 0. The summed E-state index contributed by atoms with van der Waals surface area (Å²) in [5.74, 6) is 3.11. The summed E-state index contributed by atoms with van der Waals surface area (Å²) in [6.07, 6.45) is 12.7. The summed E-state index contributed by atoms with van der Waals surface area (Å²) in [4.78, 5) is 0. The van der Waals surface area contributed by atoms with Gasteiger partial charge in [0.2, 0.25) is 0 Å². The molecule has 1 N–H and O–H groups in total. The zero-order valence-corrected chi connectivity index (χ0v) is 12.8. The fourth-order valence-corrected chi connectivity index (χ4v) is 5.88. The lowest BCUT2D eigenvalue weighted by molar-refractivity contribution is -0.0719. The number of rotatable bonds is 4. The van der Waals surface area contributed by atoms with Crippen molar-refractivity contribution in [2.24, 2.45) is 23.2 Å². The van der Waals surface area contributed by atoms with E-state index in [0.717, 1.165) is 17.8 Å². The van der Waals surface area contributed by atoms with Gasteiger partial charge in [0.15, 0.2) is 0 Å². The summed E-state index contributed by atoms with van der Waals surface area (Å²) in [5.41, 5.74) is 1.87. The lowest BCUT2D eigenvalue weighted by Crippen LogP contribution is -2.55. The molecule has 0 saturated heterocycles. The van der Waals surface area contributed by atoms with E-state index in [1.54, 1.807) is 6.26 Å². The molecule has 4 bridgehead atoms. The van der Waals surface area contributed by atoms with Gasteiger partial charge in [0.1, 0.15) is 0 Å². The van der Waals surface area contributed by atoms with Crippen molar-refractivity contribution in [1.82, 2.24) is 5.32 Å². The molecule has 0 spiro atoms. The van der Waals surface area contributed by atoms with Crippen molar-refractivity contribution in [3.63, 3.8) is 0 Å². The summed E-state index contributed by atoms with van der Waals surface area (Å²) in [6.45, 7) is 4.70. The van der Waals surface area contributed by atoms with Crippen LogP contribution in [0.5, 0.6) is 0 Å². The normalized spacial score (nSPS) is 41.8. The Morgan fingerprint density at radius 2 is 1.70 bits per heavy atom. The minimum Gasteiger partial charge on any atom is -0.472 e. The van der Waals surface area contributed by atoms with Gasteiger partial charge in [-0.05, 0) is 81.6 Å². The topological polar surface area (TPSA) is 25.2 Å². The fraction of sp³-hybridized carbons (Fsp3) is 0.778. The predicted molar refractivity (Wildman–Crippen MR) is 80.3 cm³/mol. The van der Waals surface area contributed by atoms with E-state index in [2.05, 4.69) is 25.2 Å². The number of furan rings is 1. The minimum absolute atomic E-state index is 0.400. The zero-order chi connectivity index (χ0) is 13.7. The standard InChI is InChI=1S/C18H27NO/c1-12(17-3-4-20-11-17)19-13(2)18-8-14-5-15(9-18)7-16(6-14)10-18/h3-4,11-16,19H,5-10H2,1-2H3. The van der Waals surface area contributed by atoms with Crippen LogP contribution in [0.25, 0.3) is 0 Å². The third-order valence-electron chi connectivity index (χ3n) is 6.55. The van der Waals surface area contributed by atoms with Crippen LogP contribution in [0.15, 0.2) is 23.0 Å². The molecule has 2 atom stereocenters. The van der Waals surface area contributed by atoms with E-state index in [9.17, 15) is 0 Å². The lowest BCUT2D eigenvalue weighted by Gasteiger charge is -2.59. The molecule has 4 fully saturated rings. The maximum absolute atomic E-state index is 5.23. The van der Waals surface area contributed by atoms with Crippen LogP contribution in [0.1, 0.15) is 64.0 Å². The Balaban J connectivity index is 1.49. The molecule has 4 saturated carbocycles. The number of hydrogen-bond acceptors (Lipinski definition) is 2. The molecule has 4 aliphatic carbocycles. The Morgan fingerprint density at radius 1 is 1.10 bits per heavy atom. The Hall–Kier alpha value is -0.760.